The highest BCUT2D eigenvalue weighted by molar-refractivity contribution is 8.13. The van der Waals surface area contributed by atoms with Crippen molar-refractivity contribution in [1.29, 1.82) is 0 Å². The highest BCUT2D eigenvalue weighted by atomic mass is 35.7. The molecule has 20 heavy (non-hydrogen) atoms. The van der Waals surface area contributed by atoms with Crippen molar-refractivity contribution < 1.29 is 26.3 Å². The first-order valence-corrected chi connectivity index (χ1v) is 8.10. The summed E-state index contributed by atoms with van der Waals surface area (Å²) < 4.78 is 65.5. The molecule has 0 amide bonds. The standard InChI is InChI=1S/C10H14ClF3N2O3S/c1-2-3-4-19-6-8-9(20(11,17)18)5-15-16(8)7-10(12,13)14/h5H,2-4,6-7H2,1H3. The summed E-state index contributed by atoms with van der Waals surface area (Å²) in [5.74, 6) is 0. The second-order valence-electron chi connectivity index (χ2n) is 4.07. The van der Waals surface area contributed by atoms with Crippen LogP contribution in [0.4, 0.5) is 13.2 Å². The van der Waals surface area contributed by atoms with Gasteiger partial charge in [-0.25, -0.2) is 8.42 Å². The summed E-state index contributed by atoms with van der Waals surface area (Å²) >= 11 is 0. The maximum Gasteiger partial charge on any atom is 0.408 e. The minimum atomic E-state index is -4.52. The summed E-state index contributed by atoms with van der Waals surface area (Å²) in [6.45, 7) is 0.546. The van der Waals surface area contributed by atoms with Crippen LogP contribution in [-0.4, -0.2) is 31.0 Å². The van der Waals surface area contributed by atoms with Crippen molar-refractivity contribution in [3.8, 4) is 0 Å². The van der Waals surface area contributed by atoms with Crippen molar-refractivity contribution >= 4 is 19.7 Å². The Morgan fingerprint density at radius 1 is 1.45 bits per heavy atom. The van der Waals surface area contributed by atoms with Gasteiger partial charge in [-0.1, -0.05) is 13.3 Å². The molecule has 0 aliphatic carbocycles. The first-order chi connectivity index (χ1) is 9.15. The smallest absolute Gasteiger partial charge is 0.375 e. The monoisotopic (exact) mass is 334 g/mol. The van der Waals surface area contributed by atoms with Crippen molar-refractivity contribution in [2.45, 2.75) is 44.0 Å². The maximum atomic E-state index is 12.4. The summed E-state index contributed by atoms with van der Waals surface area (Å²) in [7, 11) is 1.00. The molecule has 1 heterocycles. The Balaban J connectivity index is 2.98. The molecule has 5 nitrogen and oxygen atoms in total. The van der Waals surface area contributed by atoms with Gasteiger partial charge in [0, 0.05) is 17.3 Å². The van der Waals surface area contributed by atoms with E-state index >= 15 is 0 Å². The average Bonchev–Trinajstić information content (AvgIpc) is 2.65. The predicted molar refractivity (Wildman–Crippen MR) is 65.9 cm³/mol. The SMILES string of the molecule is CCCCOCc1c(S(=O)(=O)Cl)cnn1CC(F)(F)F. The summed E-state index contributed by atoms with van der Waals surface area (Å²) in [6.07, 6.45) is -2.15. The van der Waals surface area contributed by atoms with Crippen LogP contribution in [0.2, 0.25) is 0 Å². The molecule has 0 saturated carbocycles. The van der Waals surface area contributed by atoms with Crippen LogP contribution < -0.4 is 0 Å². The molecule has 0 aliphatic rings. The first-order valence-electron chi connectivity index (χ1n) is 5.79. The van der Waals surface area contributed by atoms with Gasteiger partial charge in [-0.15, -0.1) is 0 Å². The molecule has 0 bridgehead atoms. The van der Waals surface area contributed by atoms with Crippen LogP contribution in [0.3, 0.4) is 0 Å². The normalized spacial score (nSPS) is 12.8. The molecule has 0 aromatic carbocycles. The van der Waals surface area contributed by atoms with Gasteiger partial charge in [0.15, 0.2) is 0 Å². The Bertz CT molecular complexity index is 542. The van der Waals surface area contributed by atoms with E-state index in [9.17, 15) is 21.6 Å². The third-order valence-electron chi connectivity index (χ3n) is 2.38. The zero-order chi connectivity index (χ0) is 15.4. The summed E-state index contributed by atoms with van der Waals surface area (Å²) in [6, 6.07) is 0. The van der Waals surface area contributed by atoms with Crippen molar-refractivity contribution in [2.75, 3.05) is 6.61 Å². The van der Waals surface area contributed by atoms with Crippen molar-refractivity contribution in [3.05, 3.63) is 11.9 Å². The van der Waals surface area contributed by atoms with Gasteiger partial charge in [-0.05, 0) is 6.42 Å². The number of aromatic nitrogens is 2. The fourth-order valence-corrected chi connectivity index (χ4v) is 2.47. The van der Waals surface area contributed by atoms with Crippen molar-refractivity contribution in [3.63, 3.8) is 0 Å². The molecule has 1 aromatic heterocycles. The van der Waals surface area contributed by atoms with E-state index in [1.54, 1.807) is 0 Å². The Hall–Kier alpha value is -0.800. The molecular weight excluding hydrogens is 321 g/mol. The Kier molecular flexibility index (Phi) is 5.84. The van der Waals surface area contributed by atoms with Gasteiger partial charge in [-0.3, -0.25) is 4.68 Å². The summed E-state index contributed by atoms with van der Waals surface area (Å²) in [4.78, 5) is -0.458. The second-order valence-corrected chi connectivity index (χ2v) is 6.61. The van der Waals surface area contributed by atoms with E-state index in [1.807, 2.05) is 6.92 Å². The maximum absolute atomic E-state index is 12.4. The molecule has 10 heteroatoms. The lowest BCUT2D eigenvalue weighted by atomic mass is 10.3. The van der Waals surface area contributed by atoms with Gasteiger partial charge in [0.05, 0.1) is 18.5 Å². The third-order valence-corrected chi connectivity index (χ3v) is 3.75. The molecule has 0 radical (unpaired) electrons. The molecule has 0 spiro atoms. The molecule has 0 aliphatic heterocycles. The number of hydrogen-bond acceptors (Lipinski definition) is 4. The lowest BCUT2D eigenvalue weighted by Gasteiger charge is -2.11. The number of nitrogens with zero attached hydrogens (tertiary/aromatic N) is 2. The lowest BCUT2D eigenvalue weighted by Crippen LogP contribution is -2.21. The number of unbranched alkanes of at least 4 members (excludes halogenated alkanes) is 1. The van der Waals surface area contributed by atoms with E-state index in [1.165, 1.54) is 0 Å². The fraction of sp³-hybridized carbons (Fsp3) is 0.700. The molecule has 0 N–H and O–H groups in total. The predicted octanol–water partition coefficient (Wildman–Crippen LogP) is 2.69. The van der Waals surface area contributed by atoms with Crippen LogP contribution in [0.1, 0.15) is 25.5 Å². The quantitative estimate of drug-likeness (QED) is 0.568. The van der Waals surface area contributed by atoms with E-state index in [-0.39, 0.29) is 12.3 Å². The topological polar surface area (TPSA) is 61.2 Å². The Morgan fingerprint density at radius 2 is 2.10 bits per heavy atom. The van der Waals surface area contributed by atoms with Gasteiger partial charge < -0.3 is 4.74 Å². The number of rotatable bonds is 7. The van der Waals surface area contributed by atoms with E-state index in [4.69, 9.17) is 15.4 Å². The Labute approximate surface area is 119 Å². The van der Waals surface area contributed by atoms with Crippen LogP contribution in [0.25, 0.3) is 0 Å². The minimum Gasteiger partial charge on any atom is -0.375 e. The van der Waals surface area contributed by atoms with E-state index in [0.717, 1.165) is 19.0 Å². The van der Waals surface area contributed by atoms with Crippen LogP contribution in [0, 0.1) is 0 Å². The van der Waals surface area contributed by atoms with E-state index < -0.39 is 26.7 Å². The van der Waals surface area contributed by atoms with Gasteiger partial charge in [-0.2, -0.15) is 18.3 Å². The van der Waals surface area contributed by atoms with Gasteiger partial charge in [0.1, 0.15) is 11.4 Å². The summed E-state index contributed by atoms with van der Waals surface area (Å²) in [5, 5.41) is 3.42. The highest BCUT2D eigenvalue weighted by Gasteiger charge is 2.31. The first kappa shape index (κ1) is 17.3. The van der Waals surface area contributed by atoms with Crippen molar-refractivity contribution in [2.24, 2.45) is 0 Å². The van der Waals surface area contributed by atoms with Crippen LogP contribution in [-0.2, 0) is 26.9 Å². The number of ether oxygens (including phenoxy) is 1. The minimum absolute atomic E-state index is 0.201. The molecule has 0 fully saturated rings. The van der Waals surface area contributed by atoms with E-state index in [2.05, 4.69) is 5.10 Å². The zero-order valence-corrected chi connectivity index (χ0v) is 12.2. The van der Waals surface area contributed by atoms with Gasteiger partial charge in [0.2, 0.25) is 0 Å². The van der Waals surface area contributed by atoms with E-state index in [0.29, 0.717) is 11.3 Å². The van der Waals surface area contributed by atoms with Gasteiger partial charge >= 0.3 is 6.18 Å². The fourth-order valence-electron chi connectivity index (χ4n) is 1.46. The molecule has 116 valence electrons. The Morgan fingerprint density at radius 3 is 2.60 bits per heavy atom. The molecule has 0 atom stereocenters. The lowest BCUT2D eigenvalue weighted by molar-refractivity contribution is -0.143. The highest BCUT2D eigenvalue weighted by Crippen LogP contribution is 2.24. The molecule has 0 saturated heterocycles. The van der Waals surface area contributed by atoms with Crippen LogP contribution in [0.15, 0.2) is 11.1 Å². The number of alkyl halides is 3. The second kappa shape index (κ2) is 6.77. The molecule has 0 unspecified atom stereocenters. The zero-order valence-electron chi connectivity index (χ0n) is 10.7. The molecule has 1 rings (SSSR count). The van der Waals surface area contributed by atoms with Crippen molar-refractivity contribution in [1.82, 2.24) is 9.78 Å². The van der Waals surface area contributed by atoms with Crippen LogP contribution >= 0.6 is 10.7 Å². The number of halogens is 4. The average molecular weight is 335 g/mol. The largest absolute Gasteiger partial charge is 0.408 e. The third kappa shape index (κ3) is 5.29. The molecule has 1 aromatic rings. The van der Waals surface area contributed by atoms with Gasteiger partial charge in [0.25, 0.3) is 9.05 Å². The number of hydrogen-bond donors (Lipinski definition) is 0. The molecular formula is C10H14ClF3N2O3S. The summed E-state index contributed by atoms with van der Waals surface area (Å²) in [5.41, 5.74) is -0.201. The van der Waals surface area contributed by atoms with Crippen LogP contribution in [0.5, 0.6) is 0 Å².